The second-order valence-electron chi connectivity index (χ2n) is 4.41. The van der Waals surface area contributed by atoms with Gasteiger partial charge in [0.1, 0.15) is 5.82 Å². The Labute approximate surface area is 85.0 Å². The normalized spacial score (nSPS) is 18.2. The van der Waals surface area contributed by atoms with Crippen molar-refractivity contribution in [2.24, 2.45) is 0 Å². The van der Waals surface area contributed by atoms with Gasteiger partial charge in [-0.2, -0.15) is 0 Å². The third kappa shape index (κ3) is 1.64. The lowest BCUT2D eigenvalue weighted by atomic mass is 10.1. The van der Waals surface area contributed by atoms with E-state index < -0.39 is 0 Å². The van der Waals surface area contributed by atoms with Crippen LogP contribution in [0.1, 0.15) is 36.8 Å². The second-order valence-corrected chi connectivity index (χ2v) is 4.41. The van der Waals surface area contributed by atoms with Gasteiger partial charge in [0.05, 0.1) is 5.69 Å². The quantitative estimate of drug-likeness (QED) is 0.787. The molecule has 1 aliphatic carbocycles. The summed E-state index contributed by atoms with van der Waals surface area (Å²) >= 11 is 0. The standard InChI is InChI=1S/C11H17N3/c1-8-6-13-10(11(2)4-5-11)14-9(8)7-12-3/h6,12H,4-5,7H2,1-3H3. The fourth-order valence-corrected chi connectivity index (χ4v) is 1.53. The van der Waals surface area contributed by atoms with E-state index in [1.165, 1.54) is 18.4 Å². The summed E-state index contributed by atoms with van der Waals surface area (Å²) < 4.78 is 0. The van der Waals surface area contributed by atoms with Crippen LogP contribution >= 0.6 is 0 Å². The molecule has 1 N–H and O–H groups in total. The summed E-state index contributed by atoms with van der Waals surface area (Å²) in [6.07, 6.45) is 4.41. The molecule has 0 radical (unpaired) electrons. The van der Waals surface area contributed by atoms with E-state index in [1.807, 2.05) is 13.2 Å². The van der Waals surface area contributed by atoms with Crippen LogP contribution in [0.25, 0.3) is 0 Å². The van der Waals surface area contributed by atoms with Crippen molar-refractivity contribution < 1.29 is 0 Å². The smallest absolute Gasteiger partial charge is 0.134 e. The first-order chi connectivity index (χ1) is 6.65. The van der Waals surface area contributed by atoms with Gasteiger partial charge < -0.3 is 5.32 Å². The fraction of sp³-hybridized carbons (Fsp3) is 0.636. The number of nitrogens with one attached hydrogen (secondary N) is 1. The summed E-state index contributed by atoms with van der Waals surface area (Å²) in [4.78, 5) is 9.04. The van der Waals surface area contributed by atoms with E-state index >= 15 is 0 Å². The van der Waals surface area contributed by atoms with Crippen molar-refractivity contribution in [2.75, 3.05) is 7.05 Å². The zero-order valence-corrected chi connectivity index (χ0v) is 9.09. The molecule has 0 aromatic carbocycles. The van der Waals surface area contributed by atoms with Gasteiger partial charge in [-0.1, -0.05) is 6.92 Å². The first-order valence-electron chi connectivity index (χ1n) is 5.13. The molecule has 0 saturated heterocycles. The highest BCUT2D eigenvalue weighted by atomic mass is 14.9. The van der Waals surface area contributed by atoms with Crippen LogP contribution in [0, 0.1) is 6.92 Å². The van der Waals surface area contributed by atoms with Crippen LogP contribution in [0.3, 0.4) is 0 Å². The van der Waals surface area contributed by atoms with Crippen LogP contribution in [0.4, 0.5) is 0 Å². The van der Waals surface area contributed by atoms with Crippen LogP contribution in [0.2, 0.25) is 0 Å². The zero-order chi connectivity index (χ0) is 10.2. The van der Waals surface area contributed by atoms with Gasteiger partial charge in [-0.3, -0.25) is 0 Å². The van der Waals surface area contributed by atoms with Crippen molar-refractivity contribution in [1.82, 2.24) is 15.3 Å². The van der Waals surface area contributed by atoms with E-state index in [9.17, 15) is 0 Å². The predicted molar refractivity (Wildman–Crippen MR) is 56.1 cm³/mol. The molecule has 3 nitrogen and oxygen atoms in total. The maximum Gasteiger partial charge on any atom is 0.134 e. The topological polar surface area (TPSA) is 37.8 Å². The maximum atomic E-state index is 4.62. The molecule has 0 unspecified atom stereocenters. The Morgan fingerprint density at radius 1 is 1.50 bits per heavy atom. The average molecular weight is 191 g/mol. The summed E-state index contributed by atoms with van der Waals surface area (Å²) in [5.74, 6) is 1.02. The minimum absolute atomic E-state index is 0.274. The van der Waals surface area contributed by atoms with Crippen molar-refractivity contribution in [3.05, 3.63) is 23.3 Å². The Morgan fingerprint density at radius 3 is 2.79 bits per heavy atom. The Balaban J connectivity index is 2.31. The van der Waals surface area contributed by atoms with E-state index in [4.69, 9.17) is 0 Å². The van der Waals surface area contributed by atoms with Crippen molar-refractivity contribution in [3.63, 3.8) is 0 Å². The van der Waals surface area contributed by atoms with Gasteiger partial charge in [0.25, 0.3) is 0 Å². The monoisotopic (exact) mass is 191 g/mol. The average Bonchev–Trinajstić information content (AvgIpc) is 2.89. The SMILES string of the molecule is CNCc1nc(C2(C)CC2)ncc1C. The molecule has 0 bridgehead atoms. The molecule has 1 fully saturated rings. The molecule has 3 heteroatoms. The fourth-order valence-electron chi connectivity index (χ4n) is 1.53. The van der Waals surface area contributed by atoms with Gasteiger partial charge in [0, 0.05) is 18.2 Å². The molecule has 1 saturated carbocycles. The molecular weight excluding hydrogens is 174 g/mol. The minimum Gasteiger partial charge on any atom is -0.314 e. The minimum atomic E-state index is 0.274. The van der Waals surface area contributed by atoms with Crippen molar-refractivity contribution in [1.29, 1.82) is 0 Å². The van der Waals surface area contributed by atoms with Crippen molar-refractivity contribution in [3.8, 4) is 0 Å². The zero-order valence-electron chi connectivity index (χ0n) is 9.09. The van der Waals surface area contributed by atoms with Crippen molar-refractivity contribution >= 4 is 0 Å². The Hall–Kier alpha value is -0.960. The largest absolute Gasteiger partial charge is 0.314 e. The number of aryl methyl sites for hydroxylation is 1. The van der Waals surface area contributed by atoms with Gasteiger partial charge in [0.2, 0.25) is 0 Å². The lowest BCUT2D eigenvalue weighted by Gasteiger charge is -2.10. The number of aromatic nitrogens is 2. The van der Waals surface area contributed by atoms with E-state index in [2.05, 4.69) is 29.1 Å². The van der Waals surface area contributed by atoms with Crippen LogP contribution < -0.4 is 5.32 Å². The highest BCUT2D eigenvalue weighted by Crippen LogP contribution is 2.45. The van der Waals surface area contributed by atoms with Crippen LogP contribution in [0.5, 0.6) is 0 Å². The van der Waals surface area contributed by atoms with Gasteiger partial charge >= 0.3 is 0 Å². The summed E-state index contributed by atoms with van der Waals surface area (Å²) in [5.41, 5.74) is 2.58. The third-order valence-corrected chi connectivity index (χ3v) is 2.96. The van der Waals surface area contributed by atoms with E-state index in [0.29, 0.717) is 0 Å². The molecule has 0 aliphatic heterocycles. The molecule has 0 atom stereocenters. The molecule has 76 valence electrons. The highest BCUT2D eigenvalue weighted by Gasteiger charge is 2.42. The van der Waals surface area contributed by atoms with Gasteiger partial charge in [-0.15, -0.1) is 0 Å². The molecule has 14 heavy (non-hydrogen) atoms. The summed E-state index contributed by atoms with van der Waals surface area (Å²) in [6, 6.07) is 0. The third-order valence-electron chi connectivity index (χ3n) is 2.96. The molecule has 0 spiro atoms. The molecule has 1 aromatic heterocycles. The first-order valence-corrected chi connectivity index (χ1v) is 5.13. The molecule has 2 rings (SSSR count). The molecule has 1 aliphatic rings. The predicted octanol–water partition coefficient (Wildman–Crippen LogP) is 1.56. The van der Waals surface area contributed by atoms with Crippen LogP contribution in [0.15, 0.2) is 6.20 Å². The summed E-state index contributed by atoms with van der Waals surface area (Å²) in [7, 11) is 1.94. The lowest BCUT2D eigenvalue weighted by molar-refractivity contribution is 0.679. The second kappa shape index (κ2) is 3.31. The van der Waals surface area contributed by atoms with Crippen LogP contribution in [-0.2, 0) is 12.0 Å². The number of nitrogens with zero attached hydrogens (tertiary/aromatic N) is 2. The van der Waals surface area contributed by atoms with Gasteiger partial charge in [0.15, 0.2) is 0 Å². The van der Waals surface area contributed by atoms with Gasteiger partial charge in [-0.05, 0) is 32.4 Å². The van der Waals surface area contributed by atoms with Gasteiger partial charge in [-0.25, -0.2) is 9.97 Å². The Bertz CT molecular complexity index is 342. The molecule has 0 amide bonds. The van der Waals surface area contributed by atoms with Crippen LogP contribution in [-0.4, -0.2) is 17.0 Å². The molecular formula is C11H17N3. The lowest BCUT2D eigenvalue weighted by Crippen LogP contribution is -2.14. The van der Waals surface area contributed by atoms with E-state index in [1.54, 1.807) is 0 Å². The summed E-state index contributed by atoms with van der Waals surface area (Å²) in [5, 5.41) is 3.13. The maximum absolute atomic E-state index is 4.62. The number of rotatable bonds is 3. The number of hydrogen-bond donors (Lipinski definition) is 1. The van der Waals surface area contributed by atoms with E-state index in [0.717, 1.165) is 18.1 Å². The van der Waals surface area contributed by atoms with Crippen molar-refractivity contribution in [2.45, 2.75) is 38.6 Å². The highest BCUT2D eigenvalue weighted by molar-refractivity contribution is 5.22. The van der Waals surface area contributed by atoms with E-state index in [-0.39, 0.29) is 5.41 Å². The summed E-state index contributed by atoms with van der Waals surface area (Å²) in [6.45, 7) is 5.13. The first kappa shape index (κ1) is 9.59. The Kier molecular flexibility index (Phi) is 2.27. The Morgan fingerprint density at radius 2 is 2.21 bits per heavy atom. The molecule has 1 aromatic rings. The number of hydrogen-bond acceptors (Lipinski definition) is 3. The molecule has 1 heterocycles.